The number of ether oxygens (including phenoxy) is 2. The molecule has 0 aromatic heterocycles. The van der Waals surface area contributed by atoms with Crippen molar-refractivity contribution in [3.63, 3.8) is 0 Å². The topological polar surface area (TPSA) is 221 Å². The zero-order valence-corrected chi connectivity index (χ0v) is 41.4. The lowest BCUT2D eigenvalue weighted by molar-refractivity contribution is -0.298. The standard InChI is InChI=1S/C51H96O12/c1-38(2)19-12-24-46(5,56)26-14-28-48(7,58)30-16-32-50(9,60)34-18-35-51(10,61)33-17-31-49(8,59)29-15-27-47(6,57)25-13-22-39(3)20-11-21-40(4)23-36-62-45-44(55)43(54)42(53)41(37-52)63-45/h19-20,23,41-45,52-61H,11-18,21-22,24-37H2,1-10H3/b39-20+,40-23+/t41-,42-,43+,44-,45-,46+,47-,48-,49-,50-,51+/m1/s1. The minimum absolute atomic E-state index is 0.150. The molecule has 12 heteroatoms. The van der Waals surface area contributed by atoms with E-state index in [-0.39, 0.29) is 6.61 Å². The van der Waals surface area contributed by atoms with Crippen LogP contribution in [0.5, 0.6) is 0 Å². The number of allylic oxidation sites excluding steroid dienone is 5. The zero-order valence-electron chi connectivity index (χ0n) is 41.4. The highest BCUT2D eigenvalue weighted by Gasteiger charge is 2.44. The second-order valence-electron chi connectivity index (χ2n) is 21.6. The smallest absolute Gasteiger partial charge is 0.187 e. The van der Waals surface area contributed by atoms with Crippen LogP contribution in [0.1, 0.15) is 210 Å². The molecule has 0 unspecified atom stereocenters. The van der Waals surface area contributed by atoms with Crippen molar-refractivity contribution in [1.82, 2.24) is 0 Å². The summed E-state index contributed by atoms with van der Waals surface area (Å²) >= 11 is 0. The minimum Gasteiger partial charge on any atom is -0.394 e. The summed E-state index contributed by atoms with van der Waals surface area (Å²) in [7, 11) is 0. The highest BCUT2D eigenvalue weighted by atomic mass is 16.7. The van der Waals surface area contributed by atoms with Gasteiger partial charge in [0.2, 0.25) is 0 Å². The Hall–Kier alpha value is -1.26. The molecule has 1 aliphatic rings. The van der Waals surface area contributed by atoms with Gasteiger partial charge >= 0.3 is 0 Å². The third-order valence-electron chi connectivity index (χ3n) is 13.2. The van der Waals surface area contributed by atoms with Crippen molar-refractivity contribution in [1.29, 1.82) is 0 Å². The fourth-order valence-electron chi connectivity index (χ4n) is 8.66. The maximum absolute atomic E-state index is 11.1. The average molecular weight is 901 g/mol. The van der Waals surface area contributed by atoms with Gasteiger partial charge in [-0.05, 0) is 210 Å². The molecule has 1 heterocycles. The molecule has 12 nitrogen and oxygen atoms in total. The van der Waals surface area contributed by atoms with Gasteiger partial charge in [0.25, 0.3) is 0 Å². The normalized spacial score (nSPS) is 25.9. The monoisotopic (exact) mass is 901 g/mol. The Kier molecular flexibility index (Phi) is 26.7. The van der Waals surface area contributed by atoms with Crippen molar-refractivity contribution in [3.05, 3.63) is 34.9 Å². The van der Waals surface area contributed by atoms with Gasteiger partial charge in [-0.3, -0.25) is 0 Å². The summed E-state index contributed by atoms with van der Waals surface area (Å²) < 4.78 is 10.9. The maximum atomic E-state index is 11.1. The van der Waals surface area contributed by atoms with Crippen LogP contribution in [0, 0.1) is 0 Å². The van der Waals surface area contributed by atoms with Crippen LogP contribution in [0.15, 0.2) is 34.9 Å². The largest absolute Gasteiger partial charge is 0.394 e. The number of hydrogen-bond donors (Lipinski definition) is 10. The SMILES string of the molecule is CC(C)=CCC[C@](C)(O)CCC[C@@](C)(O)CCC[C@@](C)(O)CCC[C@@](C)(O)CCC[C@](C)(O)CCC[C@](C)(O)CCC/C(C)=C/CC/C(C)=C/CO[C@@H]1O[C@H](CO)[C@@H](O)[C@H](O)[C@H]1O. The van der Waals surface area contributed by atoms with Crippen molar-refractivity contribution < 1.29 is 60.5 Å². The molecule has 11 atom stereocenters. The Morgan fingerprint density at radius 1 is 0.460 bits per heavy atom. The molecule has 1 rings (SSSR count). The van der Waals surface area contributed by atoms with E-state index in [2.05, 4.69) is 32.9 Å². The van der Waals surface area contributed by atoms with Gasteiger partial charge in [0.05, 0.1) is 46.8 Å². The van der Waals surface area contributed by atoms with Crippen LogP contribution >= 0.6 is 0 Å². The van der Waals surface area contributed by atoms with Gasteiger partial charge in [0.15, 0.2) is 6.29 Å². The second-order valence-corrected chi connectivity index (χ2v) is 21.6. The van der Waals surface area contributed by atoms with Gasteiger partial charge in [0, 0.05) is 0 Å². The van der Waals surface area contributed by atoms with E-state index < -0.39 is 70.9 Å². The average Bonchev–Trinajstić information content (AvgIpc) is 3.13. The van der Waals surface area contributed by atoms with Crippen LogP contribution < -0.4 is 0 Å². The van der Waals surface area contributed by atoms with Crippen LogP contribution in [-0.2, 0) is 9.47 Å². The van der Waals surface area contributed by atoms with E-state index in [1.54, 1.807) is 0 Å². The molecule has 1 saturated heterocycles. The Bertz CT molecular complexity index is 1340. The molecule has 0 aliphatic carbocycles. The Morgan fingerprint density at radius 3 is 1.21 bits per heavy atom. The predicted molar refractivity (Wildman–Crippen MR) is 252 cm³/mol. The second kappa shape index (κ2) is 28.2. The quantitative estimate of drug-likeness (QED) is 0.0280. The fraction of sp³-hybridized carbons (Fsp3) is 0.882. The molecule has 0 spiro atoms. The molecule has 63 heavy (non-hydrogen) atoms. The third kappa shape index (κ3) is 27.9. The van der Waals surface area contributed by atoms with Gasteiger partial charge in [-0.1, -0.05) is 34.9 Å². The Morgan fingerprint density at radius 2 is 0.825 bits per heavy atom. The summed E-state index contributed by atoms with van der Waals surface area (Å²) in [5.41, 5.74) is -1.50. The van der Waals surface area contributed by atoms with Gasteiger partial charge < -0.3 is 60.5 Å². The van der Waals surface area contributed by atoms with E-state index in [4.69, 9.17) is 9.47 Å². The van der Waals surface area contributed by atoms with Crippen LogP contribution in [0.25, 0.3) is 0 Å². The van der Waals surface area contributed by atoms with E-state index in [1.807, 2.05) is 54.5 Å². The summed E-state index contributed by atoms with van der Waals surface area (Å²) in [6, 6.07) is 0. The van der Waals surface area contributed by atoms with Crippen LogP contribution in [0.3, 0.4) is 0 Å². The lowest BCUT2D eigenvalue weighted by Crippen LogP contribution is -2.59. The van der Waals surface area contributed by atoms with Crippen molar-refractivity contribution in [2.45, 2.75) is 275 Å². The molecule has 0 bridgehead atoms. The molecule has 0 saturated carbocycles. The van der Waals surface area contributed by atoms with Crippen LogP contribution in [0.2, 0.25) is 0 Å². The lowest BCUT2D eigenvalue weighted by atomic mass is 9.83. The van der Waals surface area contributed by atoms with E-state index in [1.165, 1.54) is 11.1 Å². The summed E-state index contributed by atoms with van der Waals surface area (Å²) in [5, 5.41) is 105. The number of aliphatic hydroxyl groups excluding tert-OH is 4. The molecule has 372 valence electrons. The van der Waals surface area contributed by atoms with Crippen LogP contribution in [-0.4, -0.2) is 129 Å². The van der Waals surface area contributed by atoms with Gasteiger partial charge in [0.1, 0.15) is 24.4 Å². The fourth-order valence-corrected chi connectivity index (χ4v) is 8.66. The van der Waals surface area contributed by atoms with Crippen molar-refractivity contribution in [3.8, 4) is 0 Å². The molecule has 0 radical (unpaired) electrons. The van der Waals surface area contributed by atoms with Crippen molar-refractivity contribution in [2.75, 3.05) is 13.2 Å². The number of hydrogen-bond acceptors (Lipinski definition) is 12. The van der Waals surface area contributed by atoms with Gasteiger partial charge in [-0.25, -0.2) is 0 Å². The highest BCUT2D eigenvalue weighted by Crippen LogP contribution is 2.32. The van der Waals surface area contributed by atoms with Crippen molar-refractivity contribution in [2.24, 2.45) is 0 Å². The highest BCUT2D eigenvalue weighted by molar-refractivity contribution is 5.04. The van der Waals surface area contributed by atoms with Crippen molar-refractivity contribution >= 4 is 0 Å². The Labute approximate surface area is 382 Å². The first-order valence-electron chi connectivity index (χ1n) is 24.2. The minimum atomic E-state index is -1.47. The Balaban J connectivity index is 2.29. The molecule has 0 aromatic carbocycles. The van der Waals surface area contributed by atoms with E-state index in [9.17, 15) is 51.1 Å². The number of rotatable bonds is 34. The van der Waals surface area contributed by atoms with Crippen LogP contribution in [0.4, 0.5) is 0 Å². The molecule has 1 aliphatic heterocycles. The summed E-state index contributed by atoms with van der Waals surface area (Å²) in [6.07, 6.45) is 14.6. The zero-order chi connectivity index (χ0) is 48.1. The lowest BCUT2D eigenvalue weighted by Gasteiger charge is -2.39. The molecular weight excluding hydrogens is 805 g/mol. The first kappa shape index (κ1) is 59.8. The first-order chi connectivity index (χ1) is 29.0. The molecule has 1 fully saturated rings. The van der Waals surface area contributed by atoms with Gasteiger partial charge in [-0.2, -0.15) is 0 Å². The predicted octanol–water partition coefficient (Wildman–Crippen LogP) is 7.75. The summed E-state index contributed by atoms with van der Waals surface area (Å²) in [6.45, 7) is 18.9. The maximum Gasteiger partial charge on any atom is 0.187 e. The summed E-state index contributed by atoms with van der Waals surface area (Å²) in [4.78, 5) is 0. The molecule has 0 amide bonds. The summed E-state index contributed by atoms with van der Waals surface area (Å²) in [5.74, 6) is 0. The number of aliphatic hydroxyl groups is 10. The first-order valence-corrected chi connectivity index (χ1v) is 24.2. The van der Waals surface area contributed by atoms with E-state index in [0.29, 0.717) is 103 Å². The molecule has 0 aromatic rings. The molecule has 10 N–H and O–H groups in total. The third-order valence-corrected chi connectivity index (χ3v) is 13.2. The van der Waals surface area contributed by atoms with E-state index >= 15 is 0 Å². The molecular formula is C51H96O12. The van der Waals surface area contributed by atoms with E-state index in [0.717, 1.165) is 44.1 Å². The van der Waals surface area contributed by atoms with Gasteiger partial charge in [-0.15, -0.1) is 0 Å².